The molecular formula is C15H16Cl2N2OS. The van der Waals surface area contributed by atoms with E-state index in [0.29, 0.717) is 27.2 Å². The van der Waals surface area contributed by atoms with E-state index in [1.54, 1.807) is 18.2 Å². The van der Waals surface area contributed by atoms with Gasteiger partial charge >= 0.3 is 0 Å². The van der Waals surface area contributed by atoms with Crippen molar-refractivity contribution < 1.29 is 0 Å². The van der Waals surface area contributed by atoms with Crippen molar-refractivity contribution in [2.75, 3.05) is 6.26 Å². The molecule has 2 rings (SSSR count). The lowest BCUT2D eigenvalue weighted by Gasteiger charge is -2.13. The third-order valence-electron chi connectivity index (χ3n) is 3.19. The summed E-state index contributed by atoms with van der Waals surface area (Å²) in [6, 6.07) is 5.39. The molecule has 0 aliphatic rings. The zero-order valence-corrected chi connectivity index (χ0v) is 14.4. The predicted molar refractivity (Wildman–Crippen MR) is 90.0 cm³/mol. The van der Waals surface area contributed by atoms with Gasteiger partial charge in [0.05, 0.1) is 5.69 Å². The minimum atomic E-state index is -0.0949. The summed E-state index contributed by atoms with van der Waals surface area (Å²) in [5.74, 6) is 0.0772. The molecule has 1 aromatic heterocycles. The van der Waals surface area contributed by atoms with Crippen molar-refractivity contribution in [3.8, 4) is 0 Å². The van der Waals surface area contributed by atoms with Crippen molar-refractivity contribution in [1.82, 2.24) is 9.97 Å². The summed E-state index contributed by atoms with van der Waals surface area (Å²) in [5.41, 5.74) is 2.12. The summed E-state index contributed by atoms with van der Waals surface area (Å²) in [6.45, 7) is 3.95. The SMILES string of the molecule is CSc1nc(Cc2c(Cl)cccc2Cl)c(C(C)C)c(=O)[nH]1. The molecule has 0 amide bonds. The lowest BCUT2D eigenvalue weighted by Crippen LogP contribution is -2.20. The Labute approximate surface area is 138 Å². The normalized spacial score (nSPS) is 11.1. The molecule has 0 aliphatic carbocycles. The number of H-pyrrole nitrogens is 1. The van der Waals surface area contributed by atoms with E-state index in [9.17, 15) is 4.79 Å². The van der Waals surface area contributed by atoms with E-state index in [0.717, 1.165) is 11.3 Å². The van der Waals surface area contributed by atoms with Gasteiger partial charge in [0.2, 0.25) is 0 Å². The highest BCUT2D eigenvalue weighted by Gasteiger charge is 2.17. The summed E-state index contributed by atoms with van der Waals surface area (Å²) in [7, 11) is 0. The molecule has 112 valence electrons. The van der Waals surface area contributed by atoms with Gasteiger partial charge in [-0.1, -0.05) is 54.9 Å². The van der Waals surface area contributed by atoms with Crippen molar-refractivity contribution in [1.29, 1.82) is 0 Å². The minimum Gasteiger partial charge on any atom is -0.301 e. The van der Waals surface area contributed by atoms with E-state index in [4.69, 9.17) is 23.2 Å². The van der Waals surface area contributed by atoms with Gasteiger partial charge in [0, 0.05) is 22.0 Å². The molecule has 0 radical (unpaired) electrons. The van der Waals surface area contributed by atoms with Gasteiger partial charge in [-0.05, 0) is 29.9 Å². The van der Waals surface area contributed by atoms with Crippen LogP contribution in [-0.4, -0.2) is 16.2 Å². The van der Waals surface area contributed by atoms with Crippen LogP contribution in [0, 0.1) is 0 Å². The summed E-state index contributed by atoms with van der Waals surface area (Å²) >= 11 is 13.8. The van der Waals surface area contributed by atoms with Gasteiger partial charge in [0.1, 0.15) is 0 Å². The number of thioether (sulfide) groups is 1. The molecule has 1 heterocycles. The maximum Gasteiger partial charge on any atom is 0.255 e. The van der Waals surface area contributed by atoms with Crippen LogP contribution in [0.1, 0.15) is 36.6 Å². The highest BCUT2D eigenvalue weighted by molar-refractivity contribution is 7.98. The fraction of sp³-hybridized carbons (Fsp3) is 0.333. The van der Waals surface area contributed by atoms with Gasteiger partial charge in [-0.2, -0.15) is 0 Å². The fourth-order valence-corrected chi connectivity index (χ4v) is 3.13. The Kier molecular flexibility index (Phi) is 5.36. The van der Waals surface area contributed by atoms with Crippen LogP contribution in [0.3, 0.4) is 0 Å². The molecular weight excluding hydrogens is 327 g/mol. The topological polar surface area (TPSA) is 45.8 Å². The molecule has 1 N–H and O–H groups in total. The predicted octanol–water partition coefficient (Wildman–Crippen LogP) is 4.51. The van der Waals surface area contributed by atoms with Crippen molar-refractivity contribution in [2.24, 2.45) is 0 Å². The van der Waals surface area contributed by atoms with Gasteiger partial charge in [-0.25, -0.2) is 4.98 Å². The zero-order chi connectivity index (χ0) is 15.6. The Hall–Kier alpha value is -0.970. The number of rotatable bonds is 4. The molecule has 0 bridgehead atoms. The molecule has 0 aliphatic heterocycles. The number of aromatic amines is 1. The first-order valence-corrected chi connectivity index (χ1v) is 8.52. The molecule has 3 nitrogen and oxygen atoms in total. The number of hydrogen-bond donors (Lipinski definition) is 1. The number of benzene rings is 1. The van der Waals surface area contributed by atoms with E-state index in [-0.39, 0.29) is 11.5 Å². The molecule has 0 atom stereocenters. The molecule has 1 aromatic carbocycles. The lowest BCUT2D eigenvalue weighted by atomic mass is 9.98. The summed E-state index contributed by atoms with van der Waals surface area (Å²) in [4.78, 5) is 19.6. The largest absolute Gasteiger partial charge is 0.301 e. The fourth-order valence-electron chi connectivity index (χ4n) is 2.20. The summed E-state index contributed by atoms with van der Waals surface area (Å²) in [5, 5.41) is 1.78. The highest BCUT2D eigenvalue weighted by Crippen LogP contribution is 2.28. The maximum absolute atomic E-state index is 12.2. The summed E-state index contributed by atoms with van der Waals surface area (Å²) in [6.07, 6.45) is 2.32. The van der Waals surface area contributed by atoms with E-state index in [1.807, 2.05) is 20.1 Å². The second kappa shape index (κ2) is 6.86. The standard InChI is InChI=1S/C15H16Cl2N2OS/c1-8(2)13-12(18-15(21-3)19-14(13)20)7-9-10(16)5-4-6-11(9)17/h4-6,8H,7H2,1-3H3,(H,18,19,20). The number of nitrogens with zero attached hydrogens (tertiary/aromatic N) is 1. The zero-order valence-electron chi connectivity index (χ0n) is 12.0. The van der Waals surface area contributed by atoms with Gasteiger partial charge in [-0.15, -0.1) is 0 Å². The second-order valence-electron chi connectivity index (χ2n) is 4.97. The molecule has 0 unspecified atom stereocenters. The van der Waals surface area contributed by atoms with Gasteiger partial charge in [0.25, 0.3) is 5.56 Å². The highest BCUT2D eigenvalue weighted by atomic mass is 35.5. The Morgan fingerprint density at radius 3 is 2.43 bits per heavy atom. The molecule has 0 saturated heterocycles. The van der Waals surface area contributed by atoms with Crippen molar-refractivity contribution >= 4 is 35.0 Å². The van der Waals surface area contributed by atoms with Crippen LogP contribution < -0.4 is 5.56 Å². The molecule has 2 aromatic rings. The Bertz CT molecular complexity index is 693. The molecule has 21 heavy (non-hydrogen) atoms. The molecule has 6 heteroatoms. The van der Waals surface area contributed by atoms with E-state index >= 15 is 0 Å². The molecule has 0 fully saturated rings. The number of aromatic nitrogens is 2. The number of nitrogens with one attached hydrogen (secondary N) is 1. The van der Waals surface area contributed by atoms with Crippen LogP contribution >= 0.6 is 35.0 Å². The Morgan fingerprint density at radius 1 is 1.29 bits per heavy atom. The van der Waals surface area contributed by atoms with Crippen LogP contribution in [0.25, 0.3) is 0 Å². The minimum absolute atomic E-state index is 0.0772. The Balaban J connectivity index is 2.57. The van der Waals surface area contributed by atoms with Gasteiger partial charge in [0.15, 0.2) is 5.16 Å². The van der Waals surface area contributed by atoms with E-state index in [2.05, 4.69) is 9.97 Å². The smallest absolute Gasteiger partial charge is 0.255 e. The van der Waals surface area contributed by atoms with Crippen LogP contribution in [0.2, 0.25) is 10.0 Å². The quantitative estimate of drug-likeness (QED) is 0.656. The summed E-state index contributed by atoms with van der Waals surface area (Å²) < 4.78 is 0. The molecule has 0 spiro atoms. The van der Waals surface area contributed by atoms with Crippen LogP contribution in [0.5, 0.6) is 0 Å². The number of halogens is 2. The van der Waals surface area contributed by atoms with Gasteiger partial charge in [-0.3, -0.25) is 4.79 Å². The number of hydrogen-bond acceptors (Lipinski definition) is 3. The lowest BCUT2D eigenvalue weighted by molar-refractivity contribution is 0.765. The first-order chi connectivity index (χ1) is 9.93. The van der Waals surface area contributed by atoms with Crippen molar-refractivity contribution in [3.63, 3.8) is 0 Å². The first-order valence-electron chi connectivity index (χ1n) is 6.54. The third kappa shape index (κ3) is 3.62. The van der Waals surface area contributed by atoms with Gasteiger partial charge < -0.3 is 4.98 Å². The first kappa shape index (κ1) is 16.4. The maximum atomic E-state index is 12.2. The van der Waals surface area contributed by atoms with Crippen molar-refractivity contribution in [2.45, 2.75) is 31.3 Å². The average Bonchev–Trinajstić information content (AvgIpc) is 2.42. The molecule has 0 saturated carbocycles. The Morgan fingerprint density at radius 2 is 1.90 bits per heavy atom. The van der Waals surface area contributed by atoms with E-state index < -0.39 is 0 Å². The third-order valence-corrected chi connectivity index (χ3v) is 4.48. The van der Waals surface area contributed by atoms with E-state index in [1.165, 1.54) is 11.8 Å². The van der Waals surface area contributed by atoms with Crippen LogP contribution in [-0.2, 0) is 6.42 Å². The van der Waals surface area contributed by atoms with Crippen LogP contribution in [0.15, 0.2) is 28.2 Å². The second-order valence-corrected chi connectivity index (χ2v) is 6.58. The monoisotopic (exact) mass is 342 g/mol. The van der Waals surface area contributed by atoms with Crippen molar-refractivity contribution in [3.05, 3.63) is 55.4 Å². The van der Waals surface area contributed by atoms with Crippen LogP contribution in [0.4, 0.5) is 0 Å². The average molecular weight is 343 g/mol.